The van der Waals surface area contributed by atoms with Crippen LogP contribution in [-0.4, -0.2) is 36.1 Å². The molecule has 1 aromatic heterocycles. The summed E-state index contributed by atoms with van der Waals surface area (Å²) in [6.07, 6.45) is 7.31. The molecule has 4 nitrogen and oxygen atoms in total. The van der Waals surface area contributed by atoms with E-state index in [0.29, 0.717) is 6.04 Å². The number of rotatable bonds is 3. The second-order valence-electron chi connectivity index (χ2n) is 4.36. The lowest BCUT2D eigenvalue weighted by Crippen LogP contribution is -2.44. The molecule has 0 aromatic carbocycles. The first-order valence-electron chi connectivity index (χ1n) is 6.05. The molecule has 1 saturated heterocycles. The normalized spacial score (nSPS) is 20.8. The van der Waals surface area contributed by atoms with Crippen molar-refractivity contribution in [1.82, 2.24) is 15.3 Å². The van der Waals surface area contributed by atoms with Crippen LogP contribution in [0.15, 0.2) is 12.4 Å². The summed E-state index contributed by atoms with van der Waals surface area (Å²) in [5, 5.41) is 3.41. The van der Waals surface area contributed by atoms with E-state index in [1.54, 1.807) is 0 Å². The second-order valence-corrected chi connectivity index (χ2v) is 4.36. The van der Waals surface area contributed by atoms with Gasteiger partial charge in [-0.05, 0) is 31.4 Å². The minimum Gasteiger partial charge on any atom is -0.340 e. The van der Waals surface area contributed by atoms with E-state index < -0.39 is 0 Å². The Morgan fingerprint density at radius 1 is 1.44 bits per heavy atom. The van der Waals surface area contributed by atoms with Gasteiger partial charge in [-0.15, -0.1) is 0 Å². The SMILES string of the molecule is CCc1cnc(N(C)C2CCCNC2)nc1. The molecule has 1 aromatic rings. The molecule has 2 rings (SSSR count). The Balaban J connectivity index is 2.04. The van der Waals surface area contributed by atoms with E-state index >= 15 is 0 Å². The van der Waals surface area contributed by atoms with Crippen molar-refractivity contribution in [1.29, 1.82) is 0 Å². The molecule has 2 heterocycles. The summed E-state index contributed by atoms with van der Waals surface area (Å²) in [5.74, 6) is 0.839. The fourth-order valence-corrected chi connectivity index (χ4v) is 2.04. The summed E-state index contributed by atoms with van der Waals surface area (Å²) in [4.78, 5) is 11.0. The van der Waals surface area contributed by atoms with Crippen LogP contribution in [0.2, 0.25) is 0 Å². The Bertz CT molecular complexity index is 316. The summed E-state index contributed by atoms with van der Waals surface area (Å²) >= 11 is 0. The molecule has 0 amide bonds. The fraction of sp³-hybridized carbons (Fsp3) is 0.667. The van der Waals surface area contributed by atoms with Crippen LogP contribution >= 0.6 is 0 Å². The van der Waals surface area contributed by atoms with Crippen molar-refractivity contribution >= 4 is 5.95 Å². The molecular formula is C12H20N4. The third-order valence-electron chi connectivity index (χ3n) is 3.23. The third-order valence-corrected chi connectivity index (χ3v) is 3.23. The molecule has 1 aliphatic heterocycles. The van der Waals surface area contributed by atoms with Crippen molar-refractivity contribution in [2.75, 3.05) is 25.0 Å². The van der Waals surface area contributed by atoms with Gasteiger partial charge in [0.1, 0.15) is 0 Å². The molecule has 1 aliphatic rings. The maximum Gasteiger partial charge on any atom is 0.225 e. The number of aryl methyl sites for hydroxylation is 1. The van der Waals surface area contributed by atoms with Crippen LogP contribution in [0.25, 0.3) is 0 Å². The first-order valence-corrected chi connectivity index (χ1v) is 6.05. The predicted octanol–water partition coefficient (Wildman–Crippen LogP) is 1.23. The quantitative estimate of drug-likeness (QED) is 0.832. The number of aromatic nitrogens is 2. The molecule has 1 fully saturated rings. The van der Waals surface area contributed by atoms with Crippen molar-refractivity contribution < 1.29 is 0 Å². The molecule has 0 spiro atoms. The maximum atomic E-state index is 4.41. The van der Waals surface area contributed by atoms with Crippen LogP contribution in [-0.2, 0) is 6.42 Å². The molecule has 0 bridgehead atoms. The van der Waals surface area contributed by atoms with Crippen LogP contribution in [0.1, 0.15) is 25.3 Å². The smallest absolute Gasteiger partial charge is 0.225 e. The Morgan fingerprint density at radius 2 is 2.19 bits per heavy atom. The molecule has 0 radical (unpaired) electrons. The van der Waals surface area contributed by atoms with Crippen molar-refractivity contribution in [3.63, 3.8) is 0 Å². The van der Waals surface area contributed by atoms with Crippen LogP contribution in [0.4, 0.5) is 5.95 Å². The highest BCUT2D eigenvalue weighted by molar-refractivity contribution is 5.30. The van der Waals surface area contributed by atoms with Gasteiger partial charge in [0.25, 0.3) is 0 Å². The van der Waals surface area contributed by atoms with Crippen molar-refractivity contribution in [2.45, 2.75) is 32.2 Å². The molecule has 1 N–H and O–H groups in total. The highest BCUT2D eigenvalue weighted by Gasteiger charge is 2.19. The lowest BCUT2D eigenvalue weighted by Gasteiger charge is -2.31. The van der Waals surface area contributed by atoms with Crippen LogP contribution in [0, 0.1) is 0 Å². The van der Waals surface area contributed by atoms with Gasteiger partial charge in [0.05, 0.1) is 0 Å². The summed E-state index contributed by atoms with van der Waals surface area (Å²) in [7, 11) is 2.08. The van der Waals surface area contributed by atoms with Crippen LogP contribution < -0.4 is 10.2 Å². The highest BCUT2D eigenvalue weighted by atomic mass is 15.3. The monoisotopic (exact) mass is 220 g/mol. The zero-order valence-corrected chi connectivity index (χ0v) is 10.1. The molecule has 88 valence electrons. The zero-order valence-electron chi connectivity index (χ0n) is 10.1. The number of hydrogen-bond acceptors (Lipinski definition) is 4. The van der Waals surface area contributed by atoms with E-state index in [4.69, 9.17) is 0 Å². The van der Waals surface area contributed by atoms with Crippen LogP contribution in [0.5, 0.6) is 0 Å². The minimum absolute atomic E-state index is 0.529. The molecule has 0 saturated carbocycles. The third kappa shape index (κ3) is 2.50. The highest BCUT2D eigenvalue weighted by Crippen LogP contribution is 2.14. The van der Waals surface area contributed by atoms with Gasteiger partial charge < -0.3 is 10.2 Å². The Labute approximate surface area is 97.1 Å². The van der Waals surface area contributed by atoms with E-state index in [-0.39, 0.29) is 0 Å². The molecule has 1 atom stereocenters. The largest absolute Gasteiger partial charge is 0.340 e. The summed E-state index contributed by atoms with van der Waals surface area (Å²) in [6.45, 7) is 4.29. The van der Waals surface area contributed by atoms with E-state index in [2.05, 4.69) is 34.2 Å². The lowest BCUT2D eigenvalue weighted by molar-refractivity contribution is 0.441. The summed E-state index contributed by atoms with van der Waals surface area (Å²) in [6, 6.07) is 0.529. The van der Waals surface area contributed by atoms with E-state index in [1.165, 1.54) is 18.4 Å². The van der Waals surface area contributed by atoms with Gasteiger partial charge in [-0.1, -0.05) is 6.92 Å². The van der Waals surface area contributed by atoms with Crippen molar-refractivity contribution in [2.24, 2.45) is 0 Å². The Hall–Kier alpha value is -1.16. The minimum atomic E-state index is 0.529. The number of anilines is 1. The number of nitrogens with zero attached hydrogens (tertiary/aromatic N) is 3. The van der Waals surface area contributed by atoms with Gasteiger partial charge in [0.15, 0.2) is 0 Å². The van der Waals surface area contributed by atoms with Crippen LogP contribution in [0.3, 0.4) is 0 Å². The zero-order chi connectivity index (χ0) is 11.4. The van der Waals surface area contributed by atoms with Crippen molar-refractivity contribution in [3.8, 4) is 0 Å². The molecular weight excluding hydrogens is 200 g/mol. The van der Waals surface area contributed by atoms with E-state index in [0.717, 1.165) is 25.5 Å². The van der Waals surface area contributed by atoms with Gasteiger partial charge in [-0.25, -0.2) is 9.97 Å². The number of hydrogen-bond donors (Lipinski definition) is 1. The molecule has 1 unspecified atom stereocenters. The molecule has 4 heteroatoms. The number of piperidine rings is 1. The average molecular weight is 220 g/mol. The summed E-state index contributed by atoms with van der Waals surface area (Å²) < 4.78 is 0. The Morgan fingerprint density at radius 3 is 2.75 bits per heavy atom. The fourth-order valence-electron chi connectivity index (χ4n) is 2.04. The first kappa shape index (κ1) is 11.3. The van der Waals surface area contributed by atoms with Crippen molar-refractivity contribution in [3.05, 3.63) is 18.0 Å². The Kier molecular flexibility index (Phi) is 3.72. The second kappa shape index (κ2) is 5.25. The van der Waals surface area contributed by atoms with Gasteiger partial charge >= 0.3 is 0 Å². The maximum absolute atomic E-state index is 4.41. The summed E-state index contributed by atoms with van der Waals surface area (Å²) in [5.41, 5.74) is 1.19. The topological polar surface area (TPSA) is 41.1 Å². The number of likely N-dealkylation sites (N-methyl/N-ethyl adjacent to an activating group) is 1. The predicted molar refractivity (Wildman–Crippen MR) is 65.7 cm³/mol. The van der Waals surface area contributed by atoms with E-state index in [9.17, 15) is 0 Å². The van der Waals surface area contributed by atoms with Gasteiger partial charge in [-0.3, -0.25) is 0 Å². The standard InChI is InChI=1S/C12H20N4/c1-3-10-7-14-12(15-8-10)16(2)11-5-4-6-13-9-11/h7-8,11,13H,3-6,9H2,1-2H3. The molecule has 16 heavy (non-hydrogen) atoms. The average Bonchev–Trinajstić information content (AvgIpc) is 2.39. The first-order chi connectivity index (χ1) is 7.81. The van der Waals surface area contributed by atoms with Gasteiger partial charge in [-0.2, -0.15) is 0 Å². The van der Waals surface area contributed by atoms with E-state index in [1.807, 2.05) is 12.4 Å². The number of nitrogens with one attached hydrogen (secondary N) is 1. The lowest BCUT2D eigenvalue weighted by atomic mass is 10.1. The van der Waals surface area contributed by atoms with Gasteiger partial charge in [0.2, 0.25) is 5.95 Å². The van der Waals surface area contributed by atoms with Gasteiger partial charge in [0, 0.05) is 32.0 Å². The molecule has 0 aliphatic carbocycles.